The number of fused-ring (bicyclic) bond motifs is 1. The largest absolute Gasteiger partial charge is 0.481 e. The number of nitrogen functional groups attached to an aromatic ring is 1. The Morgan fingerprint density at radius 2 is 2.10 bits per heavy atom. The number of hydrogen-bond donors (Lipinski definition) is 4. The summed E-state index contributed by atoms with van der Waals surface area (Å²) in [6.07, 6.45) is 1.59. The number of anilines is 3. The highest BCUT2D eigenvalue weighted by atomic mass is 19.1. The molecule has 7 nitrogen and oxygen atoms in total. The number of carbonyl (C=O) groups excluding carboxylic acids is 1. The van der Waals surface area contributed by atoms with E-state index >= 15 is 0 Å². The van der Waals surface area contributed by atoms with Gasteiger partial charge in [0.15, 0.2) is 5.78 Å². The standard InChI is InChI=1S/C21H19FN4O3/c1-21(20(28)29)9-14-17(15(27)10-21)19(25-13-4-2-3-12(22)8-13)18(26-14)11-5-6-24-16(23)7-11/h2-8,25-26H,9-10H2,1H3,(H2,23,24)(H,28,29)/t21-/m0/s1. The molecule has 29 heavy (non-hydrogen) atoms. The van der Waals surface area contributed by atoms with Gasteiger partial charge in [-0.2, -0.15) is 0 Å². The van der Waals surface area contributed by atoms with E-state index in [1.54, 1.807) is 37.4 Å². The first-order valence-electron chi connectivity index (χ1n) is 9.03. The van der Waals surface area contributed by atoms with Gasteiger partial charge in [0.1, 0.15) is 11.6 Å². The second kappa shape index (κ2) is 6.73. The predicted octanol–water partition coefficient (Wildman–Crippen LogP) is 3.76. The van der Waals surface area contributed by atoms with Crippen LogP contribution in [-0.2, 0) is 11.2 Å². The van der Waals surface area contributed by atoms with Gasteiger partial charge in [-0.25, -0.2) is 9.37 Å². The molecule has 0 saturated heterocycles. The van der Waals surface area contributed by atoms with Crippen molar-refractivity contribution < 1.29 is 19.1 Å². The van der Waals surface area contributed by atoms with Crippen molar-refractivity contribution in [3.63, 3.8) is 0 Å². The molecule has 0 bridgehead atoms. The second-order valence-electron chi connectivity index (χ2n) is 7.48. The molecule has 0 amide bonds. The van der Waals surface area contributed by atoms with Gasteiger partial charge in [0, 0.05) is 36.0 Å². The molecule has 0 saturated carbocycles. The summed E-state index contributed by atoms with van der Waals surface area (Å²) in [5.74, 6) is -1.44. The van der Waals surface area contributed by atoms with Crippen molar-refractivity contribution in [2.24, 2.45) is 5.41 Å². The highest BCUT2D eigenvalue weighted by molar-refractivity contribution is 6.09. The van der Waals surface area contributed by atoms with Crippen LogP contribution in [0.4, 0.5) is 21.6 Å². The topological polar surface area (TPSA) is 121 Å². The summed E-state index contributed by atoms with van der Waals surface area (Å²) < 4.78 is 13.7. The Kier molecular flexibility index (Phi) is 4.34. The van der Waals surface area contributed by atoms with Gasteiger partial charge >= 0.3 is 5.97 Å². The fourth-order valence-corrected chi connectivity index (χ4v) is 3.69. The third-order valence-electron chi connectivity index (χ3n) is 5.15. The van der Waals surface area contributed by atoms with E-state index in [9.17, 15) is 19.1 Å². The molecule has 0 spiro atoms. The van der Waals surface area contributed by atoms with E-state index in [4.69, 9.17) is 5.73 Å². The number of rotatable bonds is 4. The number of aromatic nitrogens is 2. The number of halogens is 1. The summed E-state index contributed by atoms with van der Waals surface area (Å²) in [4.78, 5) is 31.9. The van der Waals surface area contributed by atoms with Crippen LogP contribution in [0.25, 0.3) is 11.3 Å². The quantitative estimate of drug-likeness (QED) is 0.535. The zero-order chi connectivity index (χ0) is 20.8. The Hall–Kier alpha value is -3.68. The lowest BCUT2D eigenvalue weighted by Gasteiger charge is -2.28. The van der Waals surface area contributed by atoms with Crippen LogP contribution in [0.5, 0.6) is 0 Å². The van der Waals surface area contributed by atoms with Gasteiger partial charge < -0.3 is 21.1 Å². The van der Waals surface area contributed by atoms with Crippen LogP contribution in [0.15, 0.2) is 42.6 Å². The molecule has 0 fully saturated rings. The van der Waals surface area contributed by atoms with Crippen molar-refractivity contribution in [2.75, 3.05) is 11.1 Å². The minimum absolute atomic E-state index is 0.122. The summed E-state index contributed by atoms with van der Waals surface area (Å²) in [5, 5.41) is 12.7. The number of aliphatic carboxylic acids is 1. The highest BCUT2D eigenvalue weighted by Crippen LogP contribution is 2.43. The fourth-order valence-electron chi connectivity index (χ4n) is 3.69. The number of nitrogens with one attached hydrogen (secondary N) is 2. The molecule has 8 heteroatoms. The molecule has 1 atom stereocenters. The van der Waals surface area contributed by atoms with Gasteiger partial charge in [0.05, 0.1) is 22.4 Å². The lowest BCUT2D eigenvalue weighted by molar-refractivity contribution is -0.148. The van der Waals surface area contributed by atoms with E-state index in [1.165, 1.54) is 12.1 Å². The highest BCUT2D eigenvalue weighted by Gasteiger charge is 2.43. The van der Waals surface area contributed by atoms with Gasteiger partial charge in [-0.05, 0) is 37.3 Å². The number of nitrogens with two attached hydrogens (primary N) is 1. The van der Waals surface area contributed by atoms with E-state index in [0.29, 0.717) is 39.7 Å². The van der Waals surface area contributed by atoms with E-state index < -0.39 is 17.2 Å². The van der Waals surface area contributed by atoms with Crippen molar-refractivity contribution in [1.29, 1.82) is 0 Å². The Bertz CT molecular complexity index is 1140. The molecule has 4 rings (SSSR count). The third-order valence-corrected chi connectivity index (χ3v) is 5.15. The molecule has 2 aromatic heterocycles. The number of carboxylic acids is 1. The SMILES string of the molecule is C[C@@]1(C(=O)O)CC(=O)c2c([nH]c(-c3ccnc(N)c3)c2Nc2cccc(F)c2)C1. The number of ketones is 1. The summed E-state index contributed by atoms with van der Waals surface area (Å²) >= 11 is 0. The van der Waals surface area contributed by atoms with Crippen LogP contribution < -0.4 is 11.1 Å². The Morgan fingerprint density at radius 3 is 2.79 bits per heavy atom. The Morgan fingerprint density at radius 1 is 1.31 bits per heavy atom. The second-order valence-corrected chi connectivity index (χ2v) is 7.48. The molecule has 1 aromatic carbocycles. The summed E-state index contributed by atoms with van der Waals surface area (Å²) in [7, 11) is 0. The lowest BCUT2D eigenvalue weighted by atomic mass is 9.74. The number of nitrogens with zero attached hydrogens (tertiary/aromatic N) is 1. The number of hydrogen-bond acceptors (Lipinski definition) is 5. The molecule has 1 aliphatic carbocycles. The number of Topliss-reactive ketones (excluding diaryl/α,β-unsaturated/α-hetero) is 1. The van der Waals surface area contributed by atoms with Crippen LogP contribution in [0, 0.1) is 11.2 Å². The molecular weight excluding hydrogens is 375 g/mol. The average molecular weight is 394 g/mol. The molecule has 3 aromatic rings. The number of aromatic amines is 1. The van der Waals surface area contributed by atoms with E-state index in [1.807, 2.05) is 0 Å². The molecule has 0 radical (unpaired) electrons. The van der Waals surface area contributed by atoms with Gasteiger partial charge in [0.2, 0.25) is 0 Å². The average Bonchev–Trinajstić information content (AvgIpc) is 3.00. The molecule has 5 N–H and O–H groups in total. The maximum absolute atomic E-state index is 13.7. The minimum atomic E-state index is -1.19. The maximum Gasteiger partial charge on any atom is 0.310 e. The zero-order valence-corrected chi connectivity index (χ0v) is 15.6. The molecule has 1 aliphatic rings. The van der Waals surface area contributed by atoms with Gasteiger partial charge in [-0.1, -0.05) is 6.07 Å². The smallest absolute Gasteiger partial charge is 0.310 e. The molecule has 0 aliphatic heterocycles. The van der Waals surface area contributed by atoms with Crippen LogP contribution >= 0.6 is 0 Å². The molecule has 2 heterocycles. The van der Waals surface area contributed by atoms with Crippen molar-refractivity contribution in [2.45, 2.75) is 19.8 Å². The van der Waals surface area contributed by atoms with Crippen molar-refractivity contribution >= 4 is 28.9 Å². The first-order valence-corrected chi connectivity index (χ1v) is 9.03. The van der Waals surface area contributed by atoms with E-state index in [0.717, 1.165) is 0 Å². The van der Waals surface area contributed by atoms with Gasteiger partial charge in [0.25, 0.3) is 0 Å². The normalized spacial score (nSPS) is 18.3. The number of pyridine rings is 1. The number of carbonyl (C=O) groups is 2. The lowest BCUT2D eigenvalue weighted by Crippen LogP contribution is -2.36. The van der Waals surface area contributed by atoms with E-state index in [2.05, 4.69) is 15.3 Å². The van der Waals surface area contributed by atoms with Crippen LogP contribution in [-0.4, -0.2) is 26.8 Å². The first kappa shape index (κ1) is 18.7. The predicted molar refractivity (Wildman–Crippen MR) is 107 cm³/mol. The Labute approximate surface area is 165 Å². The molecular formula is C21H19FN4O3. The molecule has 0 unspecified atom stereocenters. The monoisotopic (exact) mass is 394 g/mol. The fraction of sp³-hybridized carbons (Fsp3) is 0.190. The Balaban J connectivity index is 1.89. The summed E-state index contributed by atoms with van der Waals surface area (Å²) in [6.45, 7) is 1.56. The molecule has 148 valence electrons. The number of benzene rings is 1. The maximum atomic E-state index is 13.7. The third kappa shape index (κ3) is 3.33. The summed E-state index contributed by atoms with van der Waals surface area (Å²) in [6, 6.07) is 9.26. The van der Waals surface area contributed by atoms with Crippen LogP contribution in [0.2, 0.25) is 0 Å². The van der Waals surface area contributed by atoms with Crippen molar-refractivity contribution in [3.05, 3.63) is 59.7 Å². The number of H-pyrrole nitrogens is 1. The van der Waals surface area contributed by atoms with Crippen LogP contribution in [0.3, 0.4) is 0 Å². The number of carboxylic acid groups (broad SMARTS) is 1. The van der Waals surface area contributed by atoms with Crippen molar-refractivity contribution in [1.82, 2.24) is 9.97 Å². The minimum Gasteiger partial charge on any atom is -0.481 e. The summed E-state index contributed by atoms with van der Waals surface area (Å²) in [5.41, 5.74) is 7.70. The van der Waals surface area contributed by atoms with Gasteiger partial charge in [-0.15, -0.1) is 0 Å². The zero-order valence-electron chi connectivity index (χ0n) is 15.6. The van der Waals surface area contributed by atoms with Crippen LogP contribution in [0.1, 0.15) is 29.4 Å². The van der Waals surface area contributed by atoms with Crippen molar-refractivity contribution in [3.8, 4) is 11.3 Å². The van der Waals surface area contributed by atoms with E-state index in [-0.39, 0.29) is 18.6 Å². The van der Waals surface area contributed by atoms with Gasteiger partial charge in [-0.3, -0.25) is 9.59 Å². The first-order chi connectivity index (χ1) is 13.8.